The van der Waals surface area contributed by atoms with Crippen LogP contribution in [-0.4, -0.2) is 48.7 Å². The summed E-state index contributed by atoms with van der Waals surface area (Å²) >= 11 is 1.71. The zero-order valence-electron chi connectivity index (χ0n) is 18.6. The number of oxazole rings is 1. The van der Waals surface area contributed by atoms with E-state index in [-0.39, 0.29) is 5.92 Å². The van der Waals surface area contributed by atoms with Gasteiger partial charge in [0, 0.05) is 42.2 Å². The van der Waals surface area contributed by atoms with Crippen LogP contribution in [0.4, 0.5) is 5.13 Å². The molecule has 32 heavy (non-hydrogen) atoms. The summed E-state index contributed by atoms with van der Waals surface area (Å²) in [6.45, 7) is 7.85. The number of anilines is 1. The van der Waals surface area contributed by atoms with Crippen LogP contribution < -0.4 is 9.64 Å². The Morgan fingerprint density at radius 2 is 1.97 bits per heavy atom. The minimum atomic E-state index is -0.506. The number of thiazole rings is 1. The zero-order chi connectivity index (χ0) is 22.0. The fourth-order valence-corrected chi connectivity index (χ4v) is 4.73. The molecule has 2 aromatic heterocycles. The van der Waals surface area contributed by atoms with E-state index < -0.39 is 5.79 Å². The largest absolute Gasteiger partial charge is 0.493 e. The van der Waals surface area contributed by atoms with E-state index in [9.17, 15) is 0 Å². The highest BCUT2D eigenvalue weighted by Gasteiger charge is 2.28. The first-order chi connectivity index (χ1) is 15.5. The summed E-state index contributed by atoms with van der Waals surface area (Å²) < 4.78 is 23.3. The molecule has 170 valence electrons. The topological polar surface area (TPSA) is 69.9 Å². The van der Waals surface area contributed by atoms with Gasteiger partial charge in [-0.15, -0.1) is 0 Å². The maximum atomic E-state index is 5.94. The van der Waals surface area contributed by atoms with Crippen LogP contribution >= 0.6 is 11.3 Å². The predicted octanol–water partition coefficient (Wildman–Crippen LogP) is 5.22. The summed E-state index contributed by atoms with van der Waals surface area (Å²) in [6, 6.07) is 5.72. The van der Waals surface area contributed by atoms with Gasteiger partial charge in [-0.1, -0.05) is 11.3 Å². The average molecular weight is 456 g/mol. The molecule has 2 aliphatic rings. The first kappa shape index (κ1) is 21.4. The van der Waals surface area contributed by atoms with E-state index in [4.69, 9.17) is 18.6 Å². The monoisotopic (exact) mass is 455 g/mol. The number of benzene rings is 1. The number of nitrogens with zero attached hydrogens (tertiary/aromatic N) is 3. The van der Waals surface area contributed by atoms with E-state index in [0.717, 1.165) is 34.4 Å². The van der Waals surface area contributed by atoms with Gasteiger partial charge in [0.1, 0.15) is 11.3 Å². The van der Waals surface area contributed by atoms with Gasteiger partial charge in [-0.05, 0) is 51.3 Å². The molecule has 0 atom stereocenters. The van der Waals surface area contributed by atoms with Crippen molar-refractivity contribution in [1.29, 1.82) is 0 Å². The second kappa shape index (κ2) is 9.21. The van der Waals surface area contributed by atoms with Gasteiger partial charge in [0.2, 0.25) is 5.89 Å². The summed E-state index contributed by atoms with van der Waals surface area (Å²) in [4.78, 5) is 12.6. The Morgan fingerprint density at radius 3 is 2.78 bits per heavy atom. The lowest BCUT2D eigenvalue weighted by Gasteiger charge is -2.34. The second-order valence-electron chi connectivity index (χ2n) is 8.81. The SMILES string of the molecule is CC1(C)OCC(COc2ccc3nc(/C=C/c4cnc(N5CCCCC5)s4)oc3c2)CO1. The average Bonchev–Trinajstić information content (AvgIpc) is 3.44. The quantitative estimate of drug-likeness (QED) is 0.504. The van der Waals surface area contributed by atoms with E-state index >= 15 is 0 Å². The van der Waals surface area contributed by atoms with Crippen molar-refractivity contribution in [2.75, 3.05) is 37.8 Å². The fourth-order valence-electron chi connectivity index (χ4n) is 3.86. The van der Waals surface area contributed by atoms with Gasteiger partial charge in [-0.2, -0.15) is 0 Å². The van der Waals surface area contributed by atoms with Crippen LogP contribution in [-0.2, 0) is 9.47 Å². The lowest BCUT2D eigenvalue weighted by atomic mass is 10.1. The van der Waals surface area contributed by atoms with Crippen molar-refractivity contribution in [2.45, 2.75) is 38.9 Å². The molecule has 5 rings (SSSR count). The molecule has 0 N–H and O–H groups in total. The standard InChI is InChI=1S/C24H29N3O4S/c1-24(2)29-15-17(16-30-24)14-28-18-6-8-20-21(12-18)31-22(26-20)9-7-19-13-25-23(32-19)27-10-4-3-5-11-27/h6-9,12-13,17H,3-5,10-11,14-16H2,1-2H3/b9-7+. The van der Waals surface area contributed by atoms with Crippen molar-refractivity contribution >= 4 is 39.7 Å². The molecule has 2 aliphatic heterocycles. The van der Waals surface area contributed by atoms with Crippen LogP contribution in [0.3, 0.4) is 0 Å². The number of hydrogen-bond acceptors (Lipinski definition) is 8. The minimum absolute atomic E-state index is 0.209. The Bertz CT molecular complexity index is 1070. The summed E-state index contributed by atoms with van der Waals surface area (Å²) in [6.07, 6.45) is 9.64. The smallest absolute Gasteiger partial charge is 0.220 e. The lowest BCUT2D eigenvalue weighted by molar-refractivity contribution is -0.264. The Hall–Kier alpha value is -2.42. The molecular weight excluding hydrogens is 426 g/mol. The highest BCUT2D eigenvalue weighted by molar-refractivity contribution is 7.16. The maximum absolute atomic E-state index is 5.94. The molecule has 4 heterocycles. The van der Waals surface area contributed by atoms with E-state index in [1.54, 1.807) is 11.3 Å². The van der Waals surface area contributed by atoms with Crippen molar-refractivity contribution < 1.29 is 18.6 Å². The van der Waals surface area contributed by atoms with E-state index in [0.29, 0.717) is 31.3 Å². The van der Waals surface area contributed by atoms with Gasteiger partial charge >= 0.3 is 0 Å². The third-order valence-corrected chi connectivity index (χ3v) is 6.75. The molecule has 0 amide bonds. The van der Waals surface area contributed by atoms with Crippen LogP contribution in [0.25, 0.3) is 23.3 Å². The highest BCUT2D eigenvalue weighted by atomic mass is 32.1. The summed E-state index contributed by atoms with van der Waals surface area (Å²) in [5.41, 5.74) is 1.51. The van der Waals surface area contributed by atoms with Crippen molar-refractivity contribution in [1.82, 2.24) is 9.97 Å². The Morgan fingerprint density at radius 1 is 1.16 bits per heavy atom. The van der Waals surface area contributed by atoms with Gasteiger partial charge < -0.3 is 23.5 Å². The molecule has 0 saturated carbocycles. The lowest BCUT2D eigenvalue weighted by Crippen LogP contribution is -2.41. The van der Waals surface area contributed by atoms with Crippen LogP contribution in [0.15, 0.2) is 28.8 Å². The number of ether oxygens (including phenoxy) is 3. The molecule has 2 saturated heterocycles. The molecule has 1 aromatic carbocycles. The van der Waals surface area contributed by atoms with Crippen LogP contribution in [0, 0.1) is 5.92 Å². The van der Waals surface area contributed by atoms with Gasteiger partial charge in [0.15, 0.2) is 16.5 Å². The van der Waals surface area contributed by atoms with Crippen LogP contribution in [0.5, 0.6) is 5.75 Å². The number of hydrogen-bond donors (Lipinski definition) is 0. The zero-order valence-corrected chi connectivity index (χ0v) is 19.4. The molecule has 0 aliphatic carbocycles. The Labute approximate surface area is 192 Å². The third-order valence-electron chi connectivity index (χ3n) is 5.72. The molecule has 2 fully saturated rings. The van der Waals surface area contributed by atoms with Crippen molar-refractivity contribution in [3.63, 3.8) is 0 Å². The third kappa shape index (κ3) is 5.14. The molecule has 0 spiro atoms. The number of fused-ring (bicyclic) bond motifs is 1. The first-order valence-corrected chi connectivity index (χ1v) is 12.1. The minimum Gasteiger partial charge on any atom is -0.493 e. The van der Waals surface area contributed by atoms with Gasteiger partial charge in [0.25, 0.3) is 0 Å². The van der Waals surface area contributed by atoms with Crippen LogP contribution in [0.2, 0.25) is 0 Å². The summed E-state index contributed by atoms with van der Waals surface area (Å²) in [5, 5.41) is 1.10. The van der Waals surface area contributed by atoms with Gasteiger partial charge in [0.05, 0.1) is 19.8 Å². The second-order valence-corrected chi connectivity index (χ2v) is 9.85. The maximum Gasteiger partial charge on any atom is 0.220 e. The molecule has 3 aromatic rings. The highest BCUT2D eigenvalue weighted by Crippen LogP contribution is 2.28. The summed E-state index contributed by atoms with van der Waals surface area (Å²) in [5.74, 6) is 1.03. The molecule has 0 bridgehead atoms. The van der Waals surface area contributed by atoms with E-state index in [1.165, 1.54) is 19.3 Å². The van der Waals surface area contributed by atoms with Crippen molar-refractivity contribution in [3.05, 3.63) is 35.2 Å². The van der Waals surface area contributed by atoms with Gasteiger partial charge in [-0.25, -0.2) is 9.97 Å². The van der Waals surface area contributed by atoms with E-state index in [2.05, 4.69) is 14.9 Å². The molecular formula is C24H29N3O4S. The van der Waals surface area contributed by atoms with Crippen molar-refractivity contribution in [3.8, 4) is 5.75 Å². The molecule has 8 heteroatoms. The van der Waals surface area contributed by atoms with Crippen LogP contribution in [0.1, 0.15) is 43.9 Å². The summed E-state index contributed by atoms with van der Waals surface area (Å²) in [7, 11) is 0. The first-order valence-electron chi connectivity index (χ1n) is 11.2. The number of rotatable bonds is 6. The predicted molar refractivity (Wildman–Crippen MR) is 126 cm³/mol. The molecule has 7 nitrogen and oxygen atoms in total. The normalized spacial score (nSPS) is 19.8. The molecule has 0 unspecified atom stereocenters. The number of piperidine rings is 1. The fraction of sp³-hybridized carbons (Fsp3) is 0.500. The molecule has 0 radical (unpaired) electrons. The van der Waals surface area contributed by atoms with E-state index in [1.807, 2.05) is 50.4 Å². The Kier molecular flexibility index (Phi) is 6.17. The van der Waals surface area contributed by atoms with Crippen molar-refractivity contribution in [2.24, 2.45) is 5.92 Å². The Balaban J connectivity index is 1.20. The number of aromatic nitrogens is 2. The van der Waals surface area contributed by atoms with Gasteiger partial charge in [-0.3, -0.25) is 0 Å².